The normalized spacial score (nSPS) is 15.3. The van der Waals surface area contributed by atoms with Gasteiger partial charge in [-0.25, -0.2) is 0 Å². The van der Waals surface area contributed by atoms with E-state index in [1.165, 1.54) is 78.4 Å². The summed E-state index contributed by atoms with van der Waals surface area (Å²) in [7, 11) is 0. The average Bonchev–Trinajstić information content (AvgIpc) is 3.95. The molecule has 4 aliphatic rings. The van der Waals surface area contributed by atoms with Crippen molar-refractivity contribution in [2.24, 2.45) is 0 Å². The lowest BCUT2D eigenvalue weighted by molar-refractivity contribution is 0.589. The minimum absolute atomic E-state index is 0.126. The average molecular weight is 783 g/mol. The van der Waals surface area contributed by atoms with Gasteiger partial charge in [0, 0.05) is 22.1 Å². The van der Waals surface area contributed by atoms with Gasteiger partial charge in [0.15, 0.2) is 0 Å². The van der Waals surface area contributed by atoms with Crippen LogP contribution >= 0.6 is 0 Å². The molecule has 6 heterocycles. The highest BCUT2D eigenvalue weighted by atomic mass is 16.3. The van der Waals surface area contributed by atoms with Crippen LogP contribution in [0.1, 0.15) is 74.9 Å². The molecular weight excluding hydrogens is 734 g/mol. The Morgan fingerprint density at radius 1 is 0.433 bits per heavy atom. The molecule has 0 aliphatic carbocycles. The van der Waals surface area contributed by atoms with Gasteiger partial charge in [0.05, 0.1) is 34.1 Å². The first-order valence-corrected chi connectivity index (χ1v) is 21.4. The van der Waals surface area contributed by atoms with Crippen molar-refractivity contribution in [1.29, 1.82) is 0 Å². The SMILES string of the molecule is Cc1cccc(C)c1N1c2cc(C(C)(C)C)cc3c2B(c2oc4ccccc4c21)N1B2c4oc5ccccc5c4N(c4c(C)cccc4C)c4cc(C(C)(C)C)cc(c42)N31. The first-order valence-electron chi connectivity index (χ1n) is 21.4. The predicted molar refractivity (Wildman–Crippen MR) is 252 cm³/mol. The lowest BCUT2D eigenvalue weighted by atomic mass is 9.40. The van der Waals surface area contributed by atoms with Gasteiger partial charge in [-0.15, -0.1) is 0 Å². The van der Waals surface area contributed by atoms with Crippen molar-refractivity contribution >= 4 is 103 Å². The van der Waals surface area contributed by atoms with Crippen LogP contribution in [0.4, 0.5) is 45.5 Å². The molecule has 0 atom stereocenters. The highest BCUT2D eigenvalue weighted by molar-refractivity contribution is 7.02. The number of fused-ring (bicyclic) bond motifs is 13. The quantitative estimate of drug-likeness (QED) is 0.163. The number of para-hydroxylation sites is 4. The zero-order chi connectivity index (χ0) is 41.3. The Labute approximate surface area is 353 Å². The fraction of sp³-hybridized carbons (Fsp3) is 0.231. The molecule has 8 heteroatoms. The third-order valence-electron chi connectivity index (χ3n) is 13.7. The second-order valence-corrected chi connectivity index (χ2v) is 19.6. The van der Waals surface area contributed by atoms with Crippen molar-refractivity contribution < 1.29 is 8.83 Å². The van der Waals surface area contributed by atoms with Crippen molar-refractivity contribution in [2.45, 2.75) is 80.1 Å². The van der Waals surface area contributed by atoms with Crippen molar-refractivity contribution in [3.05, 3.63) is 143 Å². The number of rotatable bonds is 2. The van der Waals surface area contributed by atoms with Gasteiger partial charge in [-0.1, -0.05) is 102 Å². The van der Waals surface area contributed by atoms with Gasteiger partial charge in [-0.2, -0.15) is 0 Å². The lowest BCUT2D eigenvalue weighted by Gasteiger charge is -2.38. The van der Waals surface area contributed by atoms with Gasteiger partial charge in [-0.3, -0.25) is 9.84 Å². The fourth-order valence-corrected chi connectivity index (χ4v) is 10.9. The molecule has 4 aliphatic heterocycles. The number of nitrogens with zero attached hydrogens (tertiary/aromatic N) is 4. The smallest absolute Gasteiger partial charge is 0.351 e. The fourth-order valence-electron chi connectivity index (χ4n) is 10.9. The number of hydrogen-bond donors (Lipinski definition) is 0. The van der Waals surface area contributed by atoms with E-state index in [0.29, 0.717) is 0 Å². The van der Waals surface area contributed by atoms with E-state index in [2.05, 4.69) is 198 Å². The van der Waals surface area contributed by atoms with E-state index in [1.807, 2.05) is 0 Å². The van der Waals surface area contributed by atoms with Crippen LogP contribution in [0.3, 0.4) is 0 Å². The van der Waals surface area contributed by atoms with Crippen molar-refractivity contribution in [3.8, 4) is 0 Å². The van der Waals surface area contributed by atoms with Crippen LogP contribution in [0, 0.1) is 27.7 Å². The second-order valence-electron chi connectivity index (χ2n) is 19.6. The van der Waals surface area contributed by atoms with Crippen LogP contribution in [0.2, 0.25) is 0 Å². The molecule has 0 N–H and O–H groups in total. The molecule has 0 bridgehead atoms. The monoisotopic (exact) mass is 782 g/mol. The maximum Gasteiger partial charge on any atom is 0.351 e. The molecule has 8 aromatic rings. The highest BCUT2D eigenvalue weighted by Gasteiger charge is 2.62. The molecule has 2 aromatic heterocycles. The Kier molecular flexibility index (Phi) is 7.04. The van der Waals surface area contributed by atoms with E-state index in [0.717, 1.165) is 44.6 Å². The Morgan fingerprint density at radius 2 is 0.800 bits per heavy atom. The summed E-state index contributed by atoms with van der Waals surface area (Å²) in [6.45, 7) is 22.5. The highest BCUT2D eigenvalue weighted by Crippen LogP contribution is 2.54. The van der Waals surface area contributed by atoms with Gasteiger partial charge >= 0.3 is 13.7 Å². The molecule has 0 fully saturated rings. The van der Waals surface area contributed by atoms with Crippen molar-refractivity contribution in [1.82, 2.24) is 4.83 Å². The van der Waals surface area contributed by atoms with Gasteiger partial charge in [0.2, 0.25) is 0 Å². The minimum atomic E-state index is -0.233. The van der Waals surface area contributed by atoms with Crippen molar-refractivity contribution in [2.75, 3.05) is 14.8 Å². The van der Waals surface area contributed by atoms with E-state index >= 15 is 0 Å². The number of hydrazine groups is 1. The Balaban J connectivity index is 1.25. The summed E-state index contributed by atoms with van der Waals surface area (Å²) in [4.78, 5) is 7.69. The first kappa shape index (κ1) is 35.8. The number of anilines is 8. The largest absolute Gasteiger partial charge is 0.467 e. The first-order chi connectivity index (χ1) is 28.7. The molecule has 6 nitrogen and oxygen atoms in total. The molecule has 0 radical (unpaired) electrons. The maximum absolute atomic E-state index is 7.26. The molecule has 0 amide bonds. The molecule has 6 aromatic carbocycles. The van der Waals surface area contributed by atoms with Crippen LogP contribution < -0.4 is 37.1 Å². The summed E-state index contributed by atoms with van der Waals surface area (Å²) in [5.41, 5.74) is 22.9. The second kappa shape index (κ2) is 11.8. The summed E-state index contributed by atoms with van der Waals surface area (Å²) < 4.78 is 14.5. The predicted octanol–water partition coefficient (Wildman–Crippen LogP) is 11.2. The number of furan rings is 2. The summed E-state index contributed by atoms with van der Waals surface area (Å²) in [5.74, 6) is 0. The third kappa shape index (κ3) is 4.55. The third-order valence-corrected chi connectivity index (χ3v) is 13.7. The Morgan fingerprint density at radius 3 is 1.18 bits per heavy atom. The zero-order valence-corrected chi connectivity index (χ0v) is 36.2. The molecule has 0 spiro atoms. The molecule has 0 saturated heterocycles. The number of hydrogen-bond acceptors (Lipinski definition) is 6. The molecule has 294 valence electrons. The van der Waals surface area contributed by atoms with E-state index in [-0.39, 0.29) is 24.5 Å². The summed E-state index contributed by atoms with van der Waals surface area (Å²) in [6.07, 6.45) is 0. The van der Waals surface area contributed by atoms with Gasteiger partial charge in [0.1, 0.15) is 22.5 Å². The minimum Gasteiger partial charge on any atom is -0.467 e. The van der Waals surface area contributed by atoms with Gasteiger partial charge in [-0.05, 0) is 131 Å². The van der Waals surface area contributed by atoms with Crippen LogP contribution in [0.15, 0.2) is 118 Å². The summed E-state index contributed by atoms with van der Waals surface area (Å²) >= 11 is 0. The molecule has 0 unspecified atom stereocenters. The van der Waals surface area contributed by atoms with Gasteiger partial charge < -0.3 is 18.6 Å². The van der Waals surface area contributed by atoms with Crippen LogP contribution in [-0.2, 0) is 10.8 Å². The van der Waals surface area contributed by atoms with Gasteiger partial charge in [0.25, 0.3) is 0 Å². The van der Waals surface area contributed by atoms with Crippen LogP contribution in [0.25, 0.3) is 21.9 Å². The lowest BCUT2D eigenvalue weighted by Crippen LogP contribution is -2.67. The standard InChI is InChI=1S/C52H48B2N4O2/c1-29-17-15-18-30(2)45(29)55-37-25-33(51(5,6)7)27-39-43(37)53(49-47(55)35-21-11-13-23-41(35)59-49)58-54-44-38(26-34(52(8,9)10)28-40(44)57(39)58)56(46-31(3)19-16-20-32(46)4)48-36-22-12-14-24-42(36)60-50(48)54/h11-28H,1-10H3. The van der Waals surface area contributed by atoms with E-state index in [1.54, 1.807) is 0 Å². The summed E-state index contributed by atoms with van der Waals surface area (Å²) in [6, 6.07) is 40.4. The van der Waals surface area contributed by atoms with Crippen molar-refractivity contribution in [3.63, 3.8) is 0 Å². The van der Waals surface area contributed by atoms with E-state index in [4.69, 9.17) is 8.83 Å². The number of benzene rings is 6. The van der Waals surface area contributed by atoms with Crippen LogP contribution in [-0.4, -0.2) is 18.5 Å². The topological polar surface area (TPSA) is 39.2 Å². The Bertz CT molecular complexity index is 2930. The van der Waals surface area contributed by atoms with E-state index < -0.39 is 0 Å². The Hall–Kier alpha value is -6.11. The molecule has 12 rings (SSSR count). The molecular formula is C52H48B2N4O2. The van der Waals surface area contributed by atoms with Crippen LogP contribution in [0.5, 0.6) is 0 Å². The summed E-state index contributed by atoms with van der Waals surface area (Å²) in [5, 5.41) is 4.79. The zero-order valence-electron chi connectivity index (χ0n) is 36.2. The van der Waals surface area contributed by atoms with E-state index in [9.17, 15) is 0 Å². The molecule has 0 saturated carbocycles. The maximum atomic E-state index is 7.26. The molecule has 60 heavy (non-hydrogen) atoms. The number of aryl methyl sites for hydroxylation is 4.